The summed E-state index contributed by atoms with van der Waals surface area (Å²) in [5, 5.41) is 11.5. The lowest BCUT2D eigenvalue weighted by molar-refractivity contribution is 0.0838. The Hall–Kier alpha value is -4.16. The number of rotatable bonds is 8. The molecule has 2 bridgehead atoms. The molecule has 198 valence electrons. The van der Waals surface area contributed by atoms with E-state index in [0.29, 0.717) is 11.5 Å². The normalized spacial score (nSPS) is 20.5. The van der Waals surface area contributed by atoms with Gasteiger partial charge in [-0.25, -0.2) is 4.79 Å². The average molecular weight is 520 g/mol. The number of piperidine rings is 3. The molecule has 1 aromatic heterocycles. The molecule has 6 nitrogen and oxygen atoms in total. The number of carboxylic acid groups (broad SMARTS) is 1. The molecule has 0 aliphatic carbocycles. The van der Waals surface area contributed by atoms with Crippen LogP contribution in [0.5, 0.6) is 0 Å². The first-order chi connectivity index (χ1) is 19.1. The molecule has 4 heterocycles. The monoisotopic (exact) mass is 519 g/mol. The number of benzene rings is 3. The van der Waals surface area contributed by atoms with Gasteiger partial charge < -0.3 is 14.6 Å². The molecule has 6 heteroatoms. The molecule has 3 aromatic carbocycles. The molecule has 0 unspecified atom stereocenters. The summed E-state index contributed by atoms with van der Waals surface area (Å²) in [7, 11) is 0. The van der Waals surface area contributed by atoms with Crippen molar-refractivity contribution in [3.05, 3.63) is 96.2 Å². The Kier molecular flexibility index (Phi) is 7.03. The second-order valence-corrected chi connectivity index (χ2v) is 10.6. The first-order valence-electron chi connectivity index (χ1n) is 13.8. The fourth-order valence-electron chi connectivity index (χ4n) is 6.28. The number of fused-ring (bicyclic) bond motifs is 4. The Morgan fingerprint density at radius 2 is 1.77 bits per heavy atom. The van der Waals surface area contributed by atoms with E-state index in [1.165, 1.54) is 0 Å². The molecule has 0 saturated carbocycles. The smallest absolute Gasteiger partial charge is 0.412 e. The van der Waals surface area contributed by atoms with Gasteiger partial charge in [-0.1, -0.05) is 54.6 Å². The van der Waals surface area contributed by atoms with E-state index in [1.807, 2.05) is 60.7 Å². The minimum absolute atomic E-state index is 0.0338. The molecule has 1 amide bonds. The molecule has 3 fully saturated rings. The molecule has 0 spiro atoms. The van der Waals surface area contributed by atoms with Gasteiger partial charge in [0.25, 0.3) is 0 Å². The third-order valence-corrected chi connectivity index (χ3v) is 8.30. The fraction of sp³-hybridized carbons (Fsp3) is 0.273. The Balaban J connectivity index is 1.27. The number of hydrogen-bond donors (Lipinski definition) is 1. The zero-order valence-corrected chi connectivity index (χ0v) is 21.9. The summed E-state index contributed by atoms with van der Waals surface area (Å²) in [5.74, 6) is 0.396. The number of carbonyl (C=O) groups is 2. The van der Waals surface area contributed by atoms with Crippen LogP contribution in [0.3, 0.4) is 0 Å². The zero-order valence-electron chi connectivity index (χ0n) is 21.9. The minimum atomic E-state index is -0.885. The van der Waals surface area contributed by atoms with Gasteiger partial charge in [0.2, 0.25) is 0 Å². The van der Waals surface area contributed by atoms with Gasteiger partial charge in [0.15, 0.2) is 0 Å². The number of hydrogen-bond acceptors (Lipinski definition) is 3. The van der Waals surface area contributed by atoms with E-state index in [-0.39, 0.29) is 6.04 Å². The van der Waals surface area contributed by atoms with Crippen LogP contribution in [0, 0.1) is 5.92 Å². The van der Waals surface area contributed by atoms with Crippen LogP contribution >= 0.6 is 0 Å². The number of nitrogens with zero attached hydrogens (tertiary/aromatic N) is 3. The first kappa shape index (κ1) is 25.1. The van der Waals surface area contributed by atoms with E-state index in [2.05, 4.69) is 39.9 Å². The number of aldehydes is 1. The Labute approximate surface area is 228 Å². The van der Waals surface area contributed by atoms with Gasteiger partial charge in [-0.3, -0.25) is 9.69 Å². The first-order valence-corrected chi connectivity index (χ1v) is 13.8. The number of amides is 1. The van der Waals surface area contributed by atoms with Crippen molar-refractivity contribution < 1.29 is 14.7 Å². The lowest BCUT2D eigenvalue weighted by Crippen LogP contribution is -2.59. The summed E-state index contributed by atoms with van der Waals surface area (Å²) in [5.41, 5.74) is 5.51. The second-order valence-electron chi connectivity index (χ2n) is 10.6. The van der Waals surface area contributed by atoms with Crippen LogP contribution in [0.4, 0.5) is 10.5 Å². The highest BCUT2D eigenvalue weighted by Crippen LogP contribution is 2.39. The third-order valence-electron chi connectivity index (χ3n) is 8.30. The van der Waals surface area contributed by atoms with Crippen molar-refractivity contribution >= 4 is 35.0 Å². The molecule has 39 heavy (non-hydrogen) atoms. The van der Waals surface area contributed by atoms with E-state index in [1.54, 1.807) is 4.90 Å². The molecular weight excluding hydrogens is 486 g/mol. The van der Waals surface area contributed by atoms with Gasteiger partial charge in [0, 0.05) is 41.3 Å². The molecule has 1 N–H and O–H groups in total. The summed E-state index contributed by atoms with van der Waals surface area (Å²) >= 11 is 0. The van der Waals surface area contributed by atoms with Crippen LogP contribution < -0.4 is 4.90 Å². The average Bonchev–Trinajstić information content (AvgIpc) is 3.38. The van der Waals surface area contributed by atoms with Gasteiger partial charge in [-0.15, -0.1) is 0 Å². The Bertz CT molecular complexity index is 1520. The maximum Gasteiger partial charge on any atom is 0.412 e. The van der Waals surface area contributed by atoms with Gasteiger partial charge in [0.1, 0.15) is 6.29 Å². The van der Waals surface area contributed by atoms with E-state index in [9.17, 15) is 14.7 Å². The molecule has 4 aromatic rings. The molecular formula is C33H33N3O3. The van der Waals surface area contributed by atoms with Crippen LogP contribution in [-0.2, 0) is 6.54 Å². The molecule has 3 aliphatic rings. The van der Waals surface area contributed by atoms with Crippen LogP contribution in [0.15, 0.2) is 85.1 Å². The van der Waals surface area contributed by atoms with E-state index >= 15 is 0 Å². The number of anilines is 1. The van der Waals surface area contributed by atoms with E-state index in [0.717, 1.165) is 85.0 Å². The maximum atomic E-state index is 12.8. The summed E-state index contributed by atoms with van der Waals surface area (Å²) in [6.07, 6.45) is 9.22. The molecule has 0 radical (unpaired) electrons. The molecule has 1 atom stereocenters. The number of allylic oxidation sites excluding steroid dienone is 1. The number of aryl methyl sites for hydroxylation is 1. The van der Waals surface area contributed by atoms with Crippen LogP contribution in [0.2, 0.25) is 0 Å². The van der Waals surface area contributed by atoms with Crippen molar-refractivity contribution in [2.75, 3.05) is 24.5 Å². The predicted octanol–water partition coefficient (Wildman–Crippen LogP) is 6.80. The standard InChI is InChI=1S/C33H33N3O3/c37-23-25-10-12-30-28(20-25)15-19-35(30)16-5-4-6-24-9-11-29(26-7-2-1-3-8-26)31(21-24)36(33(38)39)32-22-34-17-13-27(32)14-18-34/h1-4,6-12,15,19-21,23,27,32H,5,13-14,16-18,22H2,(H,38,39)/b6-4+/t32-/m0/s1. The minimum Gasteiger partial charge on any atom is -0.465 e. The van der Waals surface area contributed by atoms with Crippen molar-refractivity contribution in [3.8, 4) is 11.1 Å². The van der Waals surface area contributed by atoms with Crippen LogP contribution in [0.1, 0.15) is 35.2 Å². The molecule has 3 saturated heterocycles. The largest absolute Gasteiger partial charge is 0.465 e. The summed E-state index contributed by atoms with van der Waals surface area (Å²) in [6, 6.07) is 24.0. The molecule has 3 aliphatic heterocycles. The lowest BCUT2D eigenvalue weighted by Gasteiger charge is -2.48. The second kappa shape index (κ2) is 10.9. The maximum absolute atomic E-state index is 12.8. The quantitative estimate of drug-likeness (QED) is 0.260. The van der Waals surface area contributed by atoms with Gasteiger partial charge >= 0.3 is 6.09 Å². The van der Waals surface area contributed by atoms with Crippen LogP contribution in [-0.4, -0.2) is 52.6 Å². The van der Waals surface area contributed by atoms with Crippen molar-refractivity contribution in [2.45, 2.75) is 31.8 Å². The van der Waals surface area contributed by atoms with Crippen molar-refractivity contribution in [3.63, 3.8) is 0 Å². The SMILES string of the molecule is O=Cc1ccc2c(ccn2CC/C=C/c2ccc(-c3ccccc3)c(N(C(=O)O)[C@H]3CN4CCC3CC4)c2)c1. The highest BCUT2D eigenvalue weighted by Gasteiger charge is 2.40. The van der Waals surface area contributed by atoms with Gasteiger partial charge in [0.05, 0.1) is 11.7 Å². The number of carbonyl (C=O) groups excluding carboxylic acids is 1. The predicted molar refractivity (Wildman–Crippen MR) is 156 cm³/mol. The fourth-order valence-corrected chi connectivity index (χ4v) is 6.28. The van der Waals surface area contributed by atoms with E-state index < -0.39 is 6.09 Å². The lowest BCUT2D eigenvalue weighted by atomic mass is 9.82. The summed E-state index contributed by atoms with van der Waals surface area (Å²) in [6.45, 7) is 3.75. The Morgan fingerprint density at radius 3 is 2.49 bits per heavy atom. The zero-order chi connectivity index (χ0) is 26.8. The molecule has 7 rings (SSSR count). The van der Waals surface area contributed by atoms with Gasteiger partial charge in [-0.05, 0) is 79.7 Å². The number of aromatic nitrogens is 1. The van der Waals surface area contributed by atoms with Crippen molar-refractivity contribution in [2.24, 2.45) is 5.92 Å². The van der Waals surface area contributed by atoms with Crippen molar-refractivity contribution in [1.29, 1.82) is 0 Å². The highest BCUT2D eigenvalue weighted by molar-refractivity contribution is 5.94. The highest BCUT2D eigenvalue weighted by atomic mass is 16.4. The summed E-state index contributed by atoms with van der Waals surface area (Å²) < 4.78 is 2.19. The Morgan fingerprint density at radius 1 is 0.974 bits per heavy atom. The summed E-state index contributed by atoms with van der Waals surface area (Å²) in [4.78, 5) is 27.9. The van der Waals surface area contributed by atoms with Gasteiger partial charge in [-0.2, -0.15) is 0 Å². The van der Waals surface area contributed by atoms with Crippen molar-refractivity contribution in [1.82, 2.24) is 9.47 Å². The topological polar surface area (TPSA) is 65.8 Å². The third kappa shape index (κ3) is 5.12. The van der Waals surface area contributed by atoms with Crippen LogP contribution in [0.25, 0.3) is 28.1 Å². The van der Waals surface area contributed by atoms with E-state index in [4.69, 9.17) is 0 Å².